The molecular formula is C9H22N2O2S. The first-order valence-electron chi connectivity index (χ1n) is 4.95. The molecule has 14 heavy (non-hydrogen) atoms. The second-order valence-corrected chi connectivity index (χ2v) is 7.03. The van der Waals surface area contributed by atoms with Crippen molar-refractivity contribution in [1.82, 2.24) is 4.72 Å². The van der Waals surface area contributed by atoms with Crippen LogP contribution in [0.2, 0.25) is 0 Å². The fourth-order valence-electron chi connectivity index (χ4n) is 0.906. The van der Waals surface area contributed by atoms with Crippen LogP contribution in [-0.4, -0.2) is 25.8 Å². The largest absolute Gasteiger partial charge is 0.327 e. The normalized spacial score (nSPS) is 15.5. The van der Waals surface area contributed by atoms with Gasteiger partial charge >= 0.3 is 0 Å². The lowest BCUT2D eigenvalue weighted by atomic mass is 10.2. The van der Waals surface area contributed by atoms with E-state index < -0.39 is 14.8 Å². The highest BCUT2D eigenvalue weighted by Gasteiger charge is 2.28. The molecule has 0 aliphatic heterocycles. The number of rotatable bonds is 5. The molecule has 0 saturated heterocycles. The Labute approximate surface area is 87.3 Å². The minimum Gasteiger partial charge on any atom is -0.327 e. The Kier molecular flexibility index (Phi) is 5.05. The summed E-state index contributed by atoms with van der Waals surface area (Å²) in [5, 5.41) is 0. The predicted molar refractivity (Wildman–Crippen MR) is 59.6 cm³/mol. The van der Waals surface area contributed by atoms with Crippen LogP contribution in [0.3, 0.4) is 0 Å². The zero-order valence-electron chi connectivity index (χ0n) is 9.50. The maximum absolute atomic E-state index is 11.6. The molecule has 0 saturated carbocycles. The van der Waals surface area contributed by atoms with Gasteiger partial charge in [0.2, 0.25) is 10.0 Å². The van der Waals surface area contributed by atoms with Crippen molar-refractivity contribution in [2.45, 2.75) is 51.3 Å². The number of nitrogens with one attached hydrogen (secondary N) is 1. The number of hydrogen-bond donors (Lipinski definition) is 2. The Morgan fingerprint density at radius 2 is 1.86 bits per heavy atom. The summed E-state index contributed by atoms with van der Waals surface area (Å²) in [6.07, 6.45) is 1.81. The average molecular weight is 222 g/mol. The van der Waals surface area contributed by atoms with E-state index >= 15 is 0 Å². The molecule has 5 heteroatoms. The van der Waals surface area contributed by atoms with Gasteiger partial charge in [0, 0.05) is 12.6 Å². The molecule has 0 aliphatic carbocycles. The van der Waals surface area contributed by atoms with Crippen molar-refractivity contribution in [3.8, 4) is 0 Å². The third kappa shape index (κ3) is 4.39. The van der Waals surface area contributed by atoms with Crippen molar-refractivity contribution in [1.29, 1.82) is 0 Å². The highest BCUT2D eigenvalue weighted by molar-refractivity contribution is 7.90. The quantitative estimate of drug-likeness (QED) is 0.724. The van der Waals surface area contributed by atoms with Crippen LogP contribution < -0.4 is 10.5 Å². The molecule has 1 atom stereocenters. The third-order valence-corrected chi connectivity index (χ3v) is 4.16. The van der Waals surface area contributed by atoms with Crippen LogP contribution in [0.5, 0.6) is 0 Å². The molecule has 0 aromatic heterocycles. The zero-order chi connectivity index (χ0) is 11.4. The molecule has 0 heterocycles. The molecule has 0 aromatic carbocycles. The highest BCUT2D eigenvalue weighted by Crippen LogP contribution is 2.12. The second kappa shape index (κ2) is 5.09. The lowest BCUT2D eigenvalue weighted by molar-refractivity contribution is 0.526. The van der Waals surface area contributed by atoms with Crippen molar-refractivity contribution >= 4 is 10.0 Å². The molecule has 0 radical (unpaired) electrons. The fraction of sp³-hybridized carbons (Fsp3) is 1.00. The first-order chi connectivity index (χ1) is 6.20. The first kappa shape index (κ1) is 13.9. The van der Waals surface area contributed by atoms with Crippen LogP contribution in [-0.2, 0) is 10.0 Å². The summed E-state index contributed by atoms with van der Waals surface area (Å²) in [6, 6.07) is -0.0860. The Hall–Kier alpha value is -0.130. The van der Waals surface area contributed by atoms with Crippen LogP contribution in [0.25, 0.3) is 0 Å². The van der Waals surface area contributed by atoms with Crippen LogP contribution in [0, 0.1) is 0 Å². The summed E-state index contributed by atoms with van der Waals surface area (Å²) in [5.41, 5.74) is 5.71. The number of hydrogen-bond acceptors (Lipinski definition) is 3. The van der Waals surface area contributed by atoms with Crippen LogP contribution in [0.4, 0.5) is 0 Å². The van der Waals surface area contributed by atoms with E-state index in [-0.39, 0.29) is 6.04 Å². The molecule has 0 bridgehead atoms. The molecule has 0 aromatic rings. The minimum absolute atomic E-state index is 0.0860. The Morgan fingerprint density at radius 1 is 1.36 bits per heavy atom. The Bertz CT molecular complexity index is 254. The van der Waals surface area contributed by atoms with E-state index in [0.29, 0.717) is 6.54 Å². The van der Waals surface area contributed by atoms with Crippen molar-refractivity contribution in [2.24, 2.45) is 5.73 Å². The van der Waals surface area contributed by atoms with E-state index in [1.54, 1.807) is 20.8 Å². The highest BCUT2D eigenvalue weighted by atomic mass is 32.2. The van der Waals surface area contributed by atoms with E-state index in [2.05, 4.69) is 4.72 Å². The van der Waals surface area contributed by atoms with Crippen molar-refractivity contribution < 1.29 is 8.42 Å². The van der Waals surface area contributed by atoms with Gasteiger partial charge in [0.25, 0.3) is 0 Å². The number of sulfonamides is 1. The summed E-state index contributed by atoms with van der Waals surface area (Å²) in [6.45, 7) is 7.35. The predicted octanol–water partition coefficient (Wildman–Crippen LogP) is 0.832. The monoisotopic (exact) mass is 222 g/mol. The van der Waals surface area contributed by atoms with Gasteiger partial charge in [0.1, 0.15) is 0 Å². The van der Waals surface area contributed by atoms with E-state index in [9.17, 15) is 8.42 Å². The summed E-state index contributed by atoms with van der Waals surface area (Å²) < 4.78 is 25.0. The van der Waals surface area contributed by atoms with Gasteiger partial charge in [-0.25, -0.2) is 13.1 Å². The van der Waals surface area contributed by atoms with Gasteiger partial charge in [-0.05, 0) is 27.2 Å². The molecule has 0 amide bonds. The summed E-state index contributed by atoms with van der Waals surface area (Å²) in [5.74, 6) is 0. The minimum atomic E-state index is -3.24. The molecule has 86 valence electrons. The van der Waals surface area contributed by atoms with Gasteiger partial charge in [-0.2, -0.15) is 0 Å². The summed E-state index contributed by atoms with van der Waals surface area (Å²) in [7, 11) is -3.24. The zero-order valence-corrected chi connectivity index (χ0v) is 10.3. The van der Waals surface area contributed by atoms with E-state index in [0.717, 1.165) is 12.8 Å². The second-order valence-electron chi connectivity index (χ2n) is 4.51. The van der Waals surface area contributed by atoms with Gasteiger partial charge in [-0.15, -0.1) is 0 Å². The van der Waals surface area contributed by atoms with E-state index in [4.69, 9.17) is 5.73 Å². The standard InChI is InChI=1S/C9H22N2O2S/c1-5-6-8(10)7-11-14(12,13)9(2,3)4/h8,11H,5-7,10H2,1-4H3. The van der Waals surface area contributed by atoms with E-state index in [1.807, 2.05) is 6.92 Å². The molecule has 0 fully saturated rings. The van der Waals surface area contributed by atoms with Gasteiger partial charge in [-0.3, -0.25) is 0 Å². The first-order valence-corrected chi connectivity index (χ1v) is 6.44. The van der Waals surface area contributed by atoms with Crippen molar-refractivity contribution in [3.05, 3.63) is 0 Å². The number of nitrogens with two attached hydrogens (primary N) is 1. The van der Waals surface area contributed by atoms with Crippen LogP contribution >= 0.6 is 0 Å². The van der Waals surface area contributed by atoms with Crippen LogP contribution in [0.1, 0.15) is 40.5 Å². The molecule has 0 aliphatic rings. The Morgan fingerprint density at radius 3 is 2.21 bits per heavy atom. The van der Waals surface area contributed by atoms with Gasteiger partial charge in [0.05, 0.1) is 4.75 Å². The van der Waals surface area contributed by atoms with Gasteiger partial charge in [0.15, 0.2) is 0 Å². The van der Waals surface area contributed by atoms with Gasteiger partial charge in [-0.1, -0.05) is 13.3 Å². The molecular weight excluding hydrogens is 200 g/mol. The average Bonchev–Trinajstić information content (AvgIpc) is 1.99. The maximum Gasteiger partial charge on any atom is 0.216 e. The molecule has 3 N–H and O–H groups in total. The van der Waals surface area contributed by atoms with E-state index in [1.165, 1.54) is 0 Å². The smallest absolute Gasteiger partial charge is 0.216 e. The molecule has 1 unspecified atom stereocenters. The van der Waals surface area contributed by atoms with Crippen molar-refractivity contribution in [2.75, 3.05) is 6.54 Å². The lowest BCUT2D eigenvalue weighted by Gasteiger charge is -2.21. The maximum atomic E-state index is 11.6. The lowest BCUT2D eigenvalue weighted by Crippen LogP contribution is -2.44. The van der Waals surface area contributed by atoms with Crippen LogP contribution in [0.15, 0.2) is 0 Å². The SMILES string of the molecule is CCCC(N)CNS(=O)(=O)C(C)(C)C. The third-order valence-electron chi connectivity index (χ3n) is 2.00. The molecule has 0 spiro atoms. The molecule has 0 rings (SSSR count). The van der Waals surface area contributed by atoms with Crippen molar-refractivity contribution in [3.63, 3.8) is 0 Å². The topological polar surface area (TPSA) is 72.2 Å². The fourth-order valence-corrected chi connectivity index (χ4v) is 1.77. The molecule has 4 nitrogen and oxygen atoms in total. The summed E-state index contributed by atoms with van der Waals surface area (Å²) in [4.78, 5) is 0. The summed E-state index contributed by atoms with van der Waals surface area (Å²) >= 11 is 0. The van der Waals surface area contributed by atoms with Gasteiger partial charge < -0.3 is 5.73 Å². The Balaban J connectivity index is 4.14.